The van der Waals surface area contributed by atoms with Gasteiger partial charge in [-0.15, -0.1) is 0 Å². The number of rotatable bonds is 3. The van der Waals surface area contributed by atoms with Gasteiger partial charge in [0.05, 0.1) is 11.0 Å². The van der Waals surface area contributed by atoms with E-state index in [9.17, 15) is 8.42 Å². The average Bonchev–Trinajstić information content (AvgIpc) is 2.62. The van der Waals surface area contributed by atoms with Gasteiger partial charge in [0.15, 0.2) is 0 Å². The van der Waals surface area contributed by atoms with Gasteiger partial charge in [0, 0.05) is 0 Å². The summed E-state index contributed by atoms with van der Waals surface area (Å²) in [5.41, 5.74) is 1.05. The highest BCUT2D eigenvalue weighted by molar-refractivity contribution is 7.86. The summed E-state index contributed by atoms with van der Waals surface area (Å²) in [5, 5.41) is 0. The minimum Gasteiger partial charge on any atom is -0.262 e. The first-order valence-corrected chi connectivity index (χ1v) is 8.47. The van der Waals surface area contributed by atoms with Gasteiger partial charge in [-0.1, -0.05) is 24.1 Å². The van der Waals surface area contributed by atoms with E-state index in [1.165, 1.54) is 6.42 Å². The van der Waals surface area contributed by atoms with Crippen LogP contribution in [0.3, 0.4) is 0 Å². The molecule has 104 valence electrons. The van der Waals surface area contributed by atoms with Gasteiger partial charge in [0.25, 0.3) is 10.1 Å². The second kappa shape index (κ2) is 4.91. The van der Waals surface area contributed by atoms with Crippen LogP contribution in [0.5, 0.6) is 0 Å². The van der Waals surface area contributed by atoms with Gasteiger partial charge < -0.3 is 0 Å². The van der Waals surface area contributed by atoms with Crippen LogP contribution in [-0.2, 0) is 14.3 Å². The lowest BCUT2D eigenvalue weighted by Crippen LogP contribution is -2.31. The topological polar surface area (TPSA) is 43.4 Å². The van der Waals surface area contributed by atoms with E-state index in [0.29, 0.717) is 11.8 Å². The molecule has 19 heavy (non-hydrogen) atoms. The summed E-state index contributed by atoms with van der Waals surface area (Å²) < 4.78 is 30.2. The summed E-state index contributed by atoms with van der Waals surface area (Å²) in [6.07, 6.45) is 5.62. The molecule has 3 nitrogen and oxygen atoms in total. The zero-order valence-electron chi connectivity index (χ0n) is 11.2. The first kappa shape index (κ1) is 13.1. The normalized spacial score (nSPS) is 30.5. The van der Waals surface area contributed by atoms with Gasteiger partial charge in [-0.2, -0.15) is 8.42 Å². The van der Waals surface area contributed by atoms with Crippen LogP contribution in [0.15, 0.2) is 29.2 Å². The second-order valence-corrected chi connectivity index (χ2v) is 7.43. The number of fused-ring (bicyclic) bond motifs is 2. The van der Waals surface area contributed by atoms with Crippen molar-refractivity contribution in [1.29, 1.82) is 0 Å². The Labute approximate surface area is 115 Å². The van der Waals surface area contributed by atoms with Crippen LogP contribution in [0.1, 0.15) is 37.7 Å². The molecular formula is C15H20O3S. The van der Waals surface area contributed by atoms with E-state index < -0.39 is 10.1 Å². The van der Waals surface area contributed by atoms with E-state index in [2.05, 4.69) is 0 Å². The Balaban J connectivity index is 1.80. The van der Waals surface area contributed by atoms with Gasteiger partial charge in [-0.3, -0.25) is 4.18 Å². The summed E-state index contributed by atoms with van der Waals surface area (Å²) in [4.78, 5) is 0.281. The van der Waals surface area contributed by atoms with Crippen LogP contribution in [0.25, 0.3) is 0 Å². The van der Waals surface area contributed by atoms with Gasteiger partial charge in [0.2, 0.25) is 0 Å². The monoisotopic (exact) mass is 280 g/mol. The van der Waals surface area contributed by atoms with Gasteiger partial charge in [0.1, 0.15) is 0 Å². The van der Waals surface area contributed by atoms with Crippen LogP contribution in [0, 0.1) is 18.8 Å². The highest BCUT2D eigenvalue weighted by Crippen LogP contribution is 2.44. The predicted octanol–water partition coefficient (Wildman–Crippen LogP) is 3.28. The molecule has 0 unspecified atom stereocenters. The van der Waals surface area contributed by atoms with Crippen LogP contribution in [0.4, 0.5) is 0 Å². The Bertz CT molecular complexity index is 531. The Morgan fingerprint density at radius 2 is 1.58 bits per heavy atom. The van der Waals surface area contributed by atoms with Crippen molar-refractivity contribution in [3.8, 4) is 0 Å². The third-order valence-corrected chi connectivity index (χ3v) is 5.86. The molecule has 2 fully saturated rings. The fourth-order valence-electron chi connectivity index (χ4n) is 3.46. The molecule has 0 radical (unpaired) electrons. The van der Waals surface area contributed by atoms with E-state index >= 15 is 0 Å². The van der Waals surface area contributed by atoms with E-state index in [0.717, 1.165) is 31.2 Å². The van der Waals surface area contributed by atoms with Crippen molar-refractivity contribution < 1.29 is 12.6 Å². The summed E-state index contributed by atoms with van der Waals surface area (Å²) in [5.74, 6) is 0.887. The highest BCUT2D eigenvalue weighted by Gasteiger charge is 2.42. The van der Waals surface area contributed by atoms with Crippen molar-refractivity contribution in [3.63, 3.8) is 0 Å². The van der Waals surface area contributed by atoms with Crippen molar-refractivity contribution in [3.05, 3.63) is 29.8 Å². The lowest BCUT2D eigenvalue weighted by Gasteiger charge is -2.29. The third kappa shape index (κ3) is 2.56. The molecule has 0 N–H and O–H groups in total. The van der Waals surface area contributed by atoms with E-state index in [-0.39, 0.29) is 11.0 Å². The van der Waals surface area contributed by atoms with Crippen LogP contribution in [0.2, 0.25) is 0 Å². The molecule has 2 bridgehead atoms. The fraction of sp³-hybridized carbons (Fsp3) is 0.600. The Morgan fingerprint density at radius 3 is 2.16 bits per heavy atom. The molecule has 0 aliphatic heterocycles. The van der Waals surface area contributed by atoms with Crippen molar-refractivity contribution in [2.45, 2.75) is 50.0 Å². The Hall–Kier alpha value is -0.870. The fourth-order valence-corrected chi connectivity index (χ4v) is 4.65. The molecule has 0 heterocycles. The van der Waals surface area contributed by atoms with E-state index in [4.69, 9.17) is 4.18 Å². The second-order valence-electron chi connectivity index (χ2n) is 5.86. The standard InChI is InChI=1S/C15H20O3S/c1-11-5-9-14(10-6-11)19(16,17)18-15-12-3-2-4-13(15)8-7-12/h5-6,9-10,12-13,15H,2-4,7-8H2,1H3/t12-,13-/m1/s1. The Morgan fingerprint density at radius 1 is 1.00 bits per heavy atom. The summed E-state index contributed by atoms with van der Waals surface area (Å²) >= 11 is 0. The van der Waals surface area contributed by atoms with Gasteiger partial charge in [-0.25, -0.2) is 0 Å². The molecule has 0 saturated heterocycles. The SMILES string of the molecule is Cc1ccc(S(=O)(=O)OC2[C@@H]3CCC[C@@H]2CC3)cc1. The molecule has 2 saturated carbocycles. The lowest BCUT2D eigenvalue weighted by atomic mass is 9.86. The Kier molecular flexibility index (Phi) is 3.39. The third-order valence-electron chi connectivity index (χ3n) is 4.53. The number of hydrogen-bond acceptors (Lipinski definition) is 3. The first-order valence-electron chi connectivity index (χ1n) is 7.06. The molecule has 0 aromatic heterocycles. The molecule has 2 atom stereocenters. The maximum Gasteiger partial charge on any atom is 0.297 e. The molecule has 0 amide bonds. The van der Waals surface area contributed by atoms with Crippen LogP contribution in [-0.4, -0.2) is 14.5 Å². The molecule has 1 aromatic carbocycles. The minimum atomic E-state index is -3.60. The minimum absolute atomic E-state index is 0.0833. The maximum atomic E-state index is 12.3. The molecule has 0 spiro atoms. The van der Waals surface area contributed by atoms with Crippen LogP contribution < -0.4 is 0 Å². The van der Waals surface area contributed by atoms with E-state index in [1.807, 2.05) is 19.1 Å². The number of hydrogen-bond donors (Lipinski definition) is 0. The summed E-state index contributed by atoms with van der Waals surface area (Å²) in [6.45, 7) is 1.94. The van der Waals surface area contributed by atoms with Gasteiger partial charge in [-0.05, 0) is 56.6 Å². The van der Waals surface area contributed by atoms with Crippen LogP contribution >= 0.6 is 0 Å². The molecule has 2 aliphatic rings. The van der Waals surface area contributed by atoms with Crippen molar-refractivity contribution in [2.24, 2.45) is 11.8 Å². The number of aryl methyl sites for hydroxylation is 1. The molecule has 2 aliphatic carbocycles. The smallest absolute Gasteiger partial charge is 0.262 e. The van der Waals surface area contributed by atoms with Crippen molar-refractivity contribution in [1.82, 2.24) is 0 Å². The highest BCUT2D eigenvalue weighted by atomic mass is 32.2. The molecule has 3 rings (SSSR count). The largest absolute Gasteiger partial charge is 0.297 e. The first-order chi connectivity index (χ1) is 9.06. The van der Waals surface area contributed by atoms with E-state index in [1.54, 1.807) is 12.1 Å². The number of benzene rings is 1. The van der Waals surface area contributed by atoms with Crippen molar-refractivity contribution >= 4 is 10.1 Å². The molecule has 1 aromatic rings. The maximum absolute atomic E-state index is 12.3. The quantitative estimate of drug-likeness (QED) is 0.798. The zero-order chi connectivity index (χ0) is 13.5. The van der Waals surface area contributed by atoms with Gasteiger partial charge >= 0.3 is 0 Å². The zero-order valence-corrected chi connectivity index (χ0v) is 12.0. The lowest BCUT2D eigenvalue weighted by molar-refractivity contribution is 0.0898. The molecule has 4 heteroatoms. The average molecular weight is 280 g/mol. The van der Waals surface area contributed by atoms with Crippen molar-refractivity contribution in [2.75, 3.05) is 0 Å². The summed E-state index contributed by atoms with van der Waals surface area (Å²) in [6, 6.07) is 6.89. The summed E-state index contributed by atoms with van der Waals surface area (Å²) in [7, 11) is -3.60. The predicted molar refractivity (Wildman–Crippen MR) is 73.3 cm³/mol. The molecular weight excluding hydrogens is 260 g/mol.